The second kappa shape index (κ2) is 5.64. The molecular formula is C19H18ClN3O. The summed E-state index contributed by atoms with van der Waals surface area (Å²) in [6.45, 7) is 0. The summed E-state index contributed by atoms with van der Waals surface area (Å²) in [5, 5.41) is 1.73. The van der Waals surface area contributed by atoms with Gasteiger partial charge in [-0.05, 0) is 42.5 Å². The summed E-state index contributed by atoms with van der Waals surface area (Å²) in [4.78, 5) is 21.4. The predicted molar refractivity (Wildman–Crippen MR) is 96.5 cm³/mol. The van der Waals surface area contributed by atoms with E-state index in [-0.39, 0.29) is 5.91 Å². The Morgan fingerprint density at radius 1 is 1.29 bits per heavy atom. The molecule has 1 fully saturated rings. The van der Waals surface area contributed by atoms with Crippen LogP contribution in [0.3, 0.4) is 0 Å². The summed E-state index contributed by atoms with van der Waals surface area (Å²) in [7, 11) is 3.46. The number of carbonyl (C=O) groups excluding carboxylic acids is 1. The van der Waals surface area contributed by atoms with Crippen LogP contribution < -0.4 is 0 Å². The highest BCUT2D eigenvalue weighted by Gasteiger charge is 2.26. The first kappa shape index (κ1) is 15.2. The van der Waals surface area contributed by atoms with Crippen LogP contribution >= 0.6 is 11.6 Å². The zero-order valence-electron chi connectivity index (χ0n) is 13.6. The highest BCUT2D eigenvalue weighted by Crippen LogP contribution is 2.43. The lowest BCUT2D eigenvalue weighted by molar-refractivity contribution is 0.0827. The number of halogens is 1. The van der Waals surface area contributed by atoms with Gasteiger partial charge in [-0.25, -0.2) is 4.98 Å². The number of benzene rings is 1. The Morgan fingerprint density at radius 3 is 2.75 bits per heavy atom. The van der Waals surface area contributed by atoms with Gasteiger partial charge in [-0.15, -0.1) is 0 Å². The number of nitrogens with zero attached hydrogens (tertiary/aromatic N) is 2. The van der Waals surface area contributed by atoms with E-state index in [1.165, 1.54) is 23.8 Å². The molecule has 0 saturated heterocycles. The van der Waals surface area contributed by atoms with Crippen molar-refractivity contribution >= 4 is 28.5 Å². The van der Waals surface area contributed by atoms with Crippen molar-refractivity contribution in [3.05, 3.63) is 52.8 Å². The summed E-state index contributed by atoms with van der Waals surface area (Å²) in [6, 6.07) is 7.57. The molecule has 1 aliphatic rings. The Balaban J connectivity index is 1.76. The van der Waals surface area contributed by atoms with Crippen LogP contribution in [0.1, 0.15) is 34.7 Å². The number of aromatic amines is 1. The van der Waals surface area contributed by atoms with Crippen LogP contribution in [0.5, 0.6) is 0 Å². The zero-order valence-corrected chi connectivity index (χ0v) is 14.4. The minimum absolute atomic E-state index is 0.0568. The third-order valence-electron chi connectivity index (χ3n) is 4.51. The average Bonchev–Trinajstić information content (AvgIpc) is 3.33. The zero-order chi connectivity index (χ0) is 16.8. The summed E-state index contributed by atoms with van der Waals surface area (Å²) in [6.07, 6.45) is 6.39. The number of pyridine rings is 1. The van der Waals surface area contributed by atoms with E-state index in [0.29, 0.717) is 16.5 Å². The van der Waals surface area contributed by atoms with Gasteiger partial charge >= 0.3 is 0 Å². The monoisotopic (exact) mass is 339 g/mol. The molecule has 1 amide bonds. The number of H-pyrrole nitrogens is 1. The van der Waals surface area contributed by atoms with E-state index in [9.17, 15) is 4.79 Å². The fourth-order valence-electron chi connectivity index (χ4n) is 3.04. The molecule has 1 aliphatic carbocycles. The van der Waals surface area contributed by atoms with E-state index < -0.39 is 0 Å². The molecule has 24 heavy (non-hydrogen) atoms. The van der Waals surface area contributed by atoms with Gasteiger partial charge in [-0.2, -0.15) is 0 Å². The number of aromatic nitrogens is 2. The molecule has 1 saturated carbocycles. The van der Waals surface area contributed by atoms with Gasteiger partial charge < -0.3 is 9.88 Å². The van der Waals surface area contributed by atoms with E-state index in [1.807, 2.05) is 18.3 Å². The van der Waals surface area contributed by atoms with Crippen molar-refractivity contribution in [3.63, 3.8) is 0 Å². The Morgan fingerprint density at radius 2 is 2.08 bits per heavy atom. The molecule has 0 bridgehead atoms. The van der Waals surface area contributed by atoms with Crippen molar-refractivity contribution in [2.24, 2.45) is 0 Å². The number of hydrogen-bond acceptors (Lipinski definition) is 2. The second-order valence-electron chi connectivity index (χ2n) is 6.53. The molecule has 0 unspecified atom stereocenters. The molecule has 2 aromatic heterocycles. The van der Waals surface area contributed by atoms with Gasteiger partial charge in [0, 0.05) is 53.6 Å². The number of fused-ring (bicyclic) bond motifs is 1. The molecule has 122 valence electrons. The molecule has 0 spiro atoms. The van der Waals surface area contributed by atoms with E-state index >= 15 is 0 Å². The van der Waals surface area contributed by atoms with Gasteiger partial charge in [0.15, 0.2) is 0 Å². The smallest absolute Gasteiger partial charge is 0.253 e. The first-order valence-electron chi connectivity index (χ1n) is 8.03. The van der Waals surface area contributed by atoms with Crippen molar-refractivity contribution < 1.29 is 4.79 Å². The predicted octanol–water partition coefficient (Wildman–Crippen LogP) is 4.46. The van der Waals surface area contributed by atoms with E-state index in [1.54, 1.807) is 25.1 Å². The minimum Gasteiger partial charge on any atom is -0.346 e. The Hall–Kier alpha value is -2.33. The lowest BCUT2D eigenvalue weighted by atomic mass is 10.0. The quantitative estimate of drug-likeness (QED) is 0.765. The maximum Gasteiger partial charge on any atom is 0.253 e. The molecule has 0 radical (unpaired) electrons. The molecule has 0 aliphatic heterocycles. The summed E-state index contributed by atoms with van der Waals surface area (Å²) >= 11 is 6.45. The second-order valence-corrected chi connectivity index (χ2v) is 6.94. The third-order valence-corrected chi connectivity index (χ3v) is 4.83. The van der Waals surface area contributed by atoms with Gasteiger partial charge in [-0.3, -0.25) is 4.79 Å². The summed E-state index contributed by atoms with van der Waals surface area (Å²) < 4.78 is 0. The fraction of sp³-hybridized carbons (Fsp3) is 0.263. The number of carbonyl (C=O) groups is 1. The van der Waals surface area contributed by atoms with Crippen molar-refractivity contribution in [3.8, 4) is 11.1 Å². The lowest BCUT2D eigenvalue weighted by Crippen LogP contribution is -2.21. The number of hydrogen-bond donors (Lipinski definition) is 1. The van der Waals surface area contributed by atoms with Gasteiger partial charge in [0.05, 0.1) is 0 Å². The summed E-state index contributed by atoms with van der Waals surface area (Å²) in [5.74, 6) is 0.602. The molecule has 0 atom stereocenters. The van der Waals surface area contributed by atoms with Crippen molar-refractivity contribution in [1.29, 1.82) is 0 Å². The molecule has 1 aromatic carbocycles. The van der Waals surface area contributed by atoms with E-state index in [2.05, 4.69) is 22.2 Å². The molecule has 3 aromatic rings. The Bertz CT molecular complexity index is 941. The highest BCUT2D eigenvalue weighted by atomic mass is 35.5. The first-order valence-corrected chi connectivity index (χ1v) is 8.41. The molecule has 1 N–H and O–H groups in total. The molecule has 2 heterocycles. The van der Waals surface area contributed by atoms with E-state index in [0.717, 1.165) is 16.8 Å². The molecule has 5 heteroatoms. The van der Waals surface area contributed by atoms with Gasteiger partial charge in [0.25, 0.3) is 5.91 Å². The van der Waals surface area contributed by atoms with Crippen LogP contribution in [0.25, 0.3) is 22.2 Å². The maximum atomic E-state index is 12.1. The van der Waals surface area contributed by atoms with Crippen molar-refractivity contribution in [2.75, 3.05) is 14.1 Å². The number of nitrogens with one attached hydrogen (secondary N) is 1. The lowest BCUT2D eigenvalue weighted by Gasteiger charge is -2.12. The van der Waals surface area contributed by atoms with Gasteiger partial charge in [0.1, 0.15) is 5.65 Å². The van der Waals surface area contributed by atoms with E-state index in [4.69, 9.17) is 11.6 Å². The van der Waals surface area contributed by atoms with Crippen LogP contribution in [-0.4, -0.2) is 34.9 Å². The Kier molecular flexibility index (Phi) is 3.57. The minimum atomic E-state index is -0.0568. The van der Waals surface area contributed by atoms with Crippen LogP contribution in [0.2, 0.25) is 5.02 Å². The highest BCUT2D eigenvalue weighted by molar-refractivity contribution is 6.33. The molecule has 4 rings (SSSR count). The van der Waals surface area contributed by atoms with Crippen LogP contribution in [0.15, 0.2) is 36.7 Å². The number of rotatable bonds is 3. The van der Waals surface area contributed by atoms with Crippen LogP contribution in [0, 0.1) is 0 Å². The maximum absolute atomic E-state index is 12.1. The van der Waals surface area contributed by atoms with Crippen molar-refractivity contribution in [2.45, 2.75) is 18.8 Å². The van der Waals surface area contributed by atoms with Crippen LogP contribution in [-0.2, 0) is 0 Å². The SMILES string of the molecule is CN(C)C(=O)c1ccc(-c2cnc3[nH]cc(C4CC4)c3c2)c(Cl)c1. The standard InChI is InChI=1S/C19H18ClN3O/c1-23(2)19(24)12-5-6-14(17(20)8-12)13-7-15-16(11-3-4-11)10-22-18(15)21-9-13/h5-11H,3-4H2,1-2H3,(H,21,22). The van der Waals surface area contributed by atoms with Gasteiger partial charge in [0.2, 0.25) is 0 Å². The summed E-state index contributed by atoms with van der Waals surface area (Å²) in [5.41, 5.74) is 4.70. The number of amides is 1. The largest absolute Gasteiger partial charge is 0.346 e. The topological polar surface area (TPSA) is 49.0 Å². The van der Waals surface area contributed by atoms with Crippen molar-refractivity contribution in [1.82, 2.24) is 14.9 Å². The average molecular weight is 340 g/mol. The van der Waals surface area contributed by atoms with Crippen LogP contribution in [0.4, 0.5) is 0 Å². The first-order chi connectivity index (χ1) is 11.5. The molecular weight excluding hydrogens is 322 g/mol. The normalized spacial score (nSPS) is 14.1. The Labute approximate surface area is 145 Å². The fourth-order valence-corrected chi connectivity index (χ4v) is 3.33. The van der Waals surface area contributed by atoms with Gasteiger partial charge in [-0.1, -0.05) is 17.7 Å². The molecule has 4 nitrogen and oxygen atoms in total. The third kappa shape index (κ3) is 2.57.